The molecular weight excluding hydrogens is 1080 g/mol. The number of fused-ring (bicyclic) bond motifs is 4. The first-order valence-electron chi connectivity index (χ1n) is 30.6. The summed E-state index contributed by atoms with van der Waals surface area (Å²) in [5, 5.41) is 17.0. The summed E-state index contributed by atoms with van der Waals surface area (Å²) in [7, 11) is 2.18. The molecule has 1 unspecified atom stereocenters. The number of aromatic nitrogens is 12. The molecule has 460 valence electrons. The Morgan fingerprint density at radius 1 is 0.651 bits per heavy atom. The molecule has 1 saturated heterocycles. The average Bonchev–Trinajstić information content (AvgIpc) is 2.04. The third-order valence-corrected chi connectivity index (χ3v) is 16.0. The average molecular weight is 1170 g/mol. The first-order valence-corrected chi connectivity index (χ1v) is 30.6. The summed E-state index contributed by atoms with van der Waals surface area (Å²) >= 11 is 0. The lowest BCUT2D eigenvalue weighted by atomic mass is 9.74. The van der Waals surface area contributed by atoms with Gasteiger partial charge in [0, 0.05) is 91.7 Å². The highest BCUT2D eigenvalue weighted by molar-refractivity contribution is 5.71. The second kappa shape index (κ2) is 26.5. The fourth-order valence-electron chi connectivity index (χ4n) is 11.1. The van der Waals surface area contributed by atoms with Crippen molar-refractivity contribution in [1.29, 1.82) is 0 Å². The molecule has 0 radical (unpaired) electrons. The fourth-order valence-corrected chi connectivity index (χ4v) is 11.1. The number of morpholine rings is 1. The zero-order chi connectivity index (χ0) is 62.5. The maximum absolute atomic E-state index is 14.3. The van der Waals surface area contributed by atoms with Crippen molar-refractivity contribution in [2.45, 2.75) is 190 Å². The number of aryl methyl sites for hydroxylation is 3. The van der Waals surface area contributed by atoms with Crippen molar-refractivity contribution < 1.29 is 13.5 Å². The molecule has 0 bridgehead atoms. The van der Waals surface area contributed by atoms with Gasteiger partial charge in [0.05, 0.1) is 35.9 Å². The largest absolute Gasteiger partial charge is 0.378 e. The van der Waals surface area contributed by atoms with Gasteiger partial charge >= 0.3 is 0 Å². The third kappa shape index (κ3) is 15.9. The monoisotopic (exact) mass is 1170 g/mol. The number of halogens is 2. The van der Waals surface area contributed by atoms with Gasteiger partial charge in [0.15, 0.2) is 5.82 Å². The zero-order valence-electron chi connectivity index (χ0n) is 54.6. The molecular formula is C69H94F2N14O. The van der Waals surface area contributed by atoms with Crippen molar-refractivity contribution in [3.8, 4) is 17.1 Å². The van der Waals surface area contributed by atoms with Crippen LogP contribution in [-0.4, -0.2) is 109 Å². The van der Waals surface area contributed by atoms with Crippen molar-refractivity contribution >= 4 is 11.5 Å². The summed E-state index contributed by atoms with van der Waals surface area (Å²) in [5.74, 6) is 4.03. The predicted molar refractivity (Wildman–Crippen MR) is 340 cm³/mol. The number of allylic oxidation sites excluding steroid dienone is 1. The first kappa shape index (κ1) is 64.9. The van der Waals surface area contributed by atoms with Crippen LogP contribution in [0, 0.1) is 30.9 Å². The molecule has 12 rings (SSSR count). The smallest absolute Gasteiger partial charge is 0.255 e. The number of benzene rings is 2. The van der Waals surface area contributed by atoms with Gasteiger partial charge < -0.3 is 14.2 Å². The Kier molecular flexibility index (Phi) is 20.0. The topological polar surface area (TPSA) is 146 Å². The van der Waals surface area contributed by atoms with Crippen molar-refractivity contribution in [3.05, 3.63) is 166 Å². The quantitative estimate of drug-likeness (QED) is 0.166. The minimum Gasteiger partial charge on any atom is -0.378 e. The molecule has 1 atom stereocenters. The Hall–Kier alpha value is -7.11. The van der Waals surface area contributed by atoms with Gasteiger partial charge in [-0.05, 0) is 109 Å². The Balaban J connectivity index is 0.000000141. The van der Waals surface area contributed by atoms with E-state index in [-0.39, 0.29) is 33.3 Å². The van der Waals surface area contributed by atoms with E-state index in [4.69, 9.17) is 4.74 Å². The number of para-hydroxylation sites is 1. The molecule has 3 aliphatic heterocycles. The summed E-state index contributed by atoms with van der Waals surface area (Å²) in [6.45, 7) is 43.1. The standard InChI is InChI=1S/C17H22FN3.C16H22N2O.C14H17FN2.C13H20N2.C9H13N5/c1-17(2,3)12-8-9-14(18)13(11-12)16-20-19-15-7-5-4-6-10-21(15)16;1-16(2,3)12-10-13-14(17-11-12)4-5-15(13)18-6-8-19-9-7-18;1-10-9-13(14(2,3)4)17(16-10)12-8-6-5-7-11(12)15;1-13(2,3)11-8-15(4)9-12-10(11)6-5-7-14-12;1-6-12-7(9(2,3)4)14-8(13-6)10-5-11-14/h8-9,11H,4-7,10H2,1-3H3;5,10-11H,4,6-9H2,1-3H3;5-9H,1-4H3;5-7,11H,8-9H2,1-4H3;5H,1-4H3. The van der Waals surface area contributed by atoms with Crippen LogP contribution in [0.1, 0.15) is 192 Å². The highest BCUT2D eigenvalue weighted by Crippen LogP contribution is 2.40. The molecule has 9 heterocycles. The summed E-state index contributed by atoms with van der Waals surface area (Å²) in [4.78, 5) is 26.6. The van der Waals surface area contributed by atoms with E-state index in [1.54, 1.807) is 27.4 Å². The molecule has 1 aliphatic carbocycles. The fraction of sp³-hybridized carbons (Fsp3) is 0.522. The van der Waals surface area contributed by atoms with Crippen molar-refractivity contribution in [2.24, 2.45) is 5.41 Å². The highest BCUT2D eigenvalue weighted by Gasteiger charge is 2.33. The zero-order valence-corrected chi connectivity index (χ0v) is 54.6. The second-order valence-corrected chi connectivity index (χ2v) is 28.5. The van der Waals surface area contributed by atoms with Crippen LogP contribution in [0.4, 0.5) is 8.78 Å². The van der Waals surface area contributed by atoms with Gasteiger partial charge in [-0.3, -0.25) is 14.9 Å². The van der Waals surface area contributed by atoms with Gasteiger partial charge in [0.2, 0.25) is 0 Å². The van der Waals surface area contributed by atoms with Crippen LogP contribution in [0.5, 0.6) is 0 Å². The molecule has 8 aromatic rings. The molecule has 0 N–H and O–H groups in total. The predicted octanol–water partition coefficient (Wildman–Crippen LogP) is 14.1. The Bertz CT molecular complexity index is 3610. The molecule has 0 amide bonds. The number of pyridine rings is 2. The molecule has 6 aromatic heterocycles. The molecule has 0 spiro atoms. The number of hydrogen-bond donors (Lipinski definition) is 0. The van der Waals surface area contributed by atoms with Crippen LogP contribution in [0.25, 0.3) is 28.5 Å². The van der Waals surface area contributed by atoms with Crippen molar-refractivity contribution in [2.75, 3.05) is 39.9 Å². The molecule has 15 nitrogen and oxygen atoms in total. The molecule has 0 saturated carbocycles. The van der Waals surface area contributed by atoms with Crippen LogP contribution in [0.2, 0.25) is 0 Å². The second-order valence-electron chi connectivity index (χ2n) is 28.5. The van der Waals surface area contributed by atoms with E-state index in [0.717, 1.165) is 106 Å². The lowest BCUT2D eigenvalue weighted by molar-refractivity contribution is 0.0640. The van der Waals surface area contributed by atoms with E-state index in [1.165, 1.54) is 52.6 Å². The van der Waals surface area contributed by atoms with Crippen molar-refractivity contribution in [3.63, 3.8) is 0 Å². The van der Waals surface area contributed by atoms with Crippen LogP contribution >= 0.6 is 0 Å². The number of likely N-dealkylation sites (N-methyl/N-ethyl adjacent to an activating group) is 1. The molecule has 1 fully saturated rings. The normalized spacial score (nSPS) is 16.3. The van der Waals surface area contributed by atoms with E-state index in [2.05, 4.69) is 195 Å². The number of hydrogen-bond acceptors (Lipinski definition) is 12. The highest BCUT2D eigenvalue weighted by atomic mass is 19.1. The minimum absolute atomic E-state index is 0.00983. The van der Waals surface area contributed by atoms with Crippen LogP contribution in [0.3, 0.4) is 0 Å². The van der Waals surface area contributed by atoms with Gasteiger partial charge in [-0.2, -0.15) is 24.7 Å². The van der Waals surface area contributed by atoms with Crippen LogP contribution in [0.15, 0.2) is 91.5 Å². The van der Waals surface area contributed by atoms with Crippen molar-refractivity contribution in [1.82, 2.24) is 68.9 Å². The van der Waals surface area contributed by atoms with E-state index >= 15 is 0 Å². The van der Waals surface area contributed by atoms with Gasteiger partial charge in [0.1, 0.15) is 41.1 Å². The SMILES string of the molecule is CC(C)(C)c1ccc(F)c(-c2nnc3n2CCCCC3)c1.CC(C)(C)c1cnc2c(c1)C(N1CCOCC1)=CC2.CN1Cc2ncccc2C(C(C)(C)C)C1.Cc1cc(C(C)(C)C)n(-c2ccccc2F)n1.Cc1nc(C(C)(C)C)n2ncnc2n1. The summed E-state index contributed by atoms with van der Waals surface area (Å²) in [5.41, 5.74) is 12.4. The lowest BCUT2D eigenvalue weighted by Gasteiger charge is -2.39. The summed E-state index contributed by atoms with van der Waals surface area (Å²) in [6, 6.07) is 20.7. The Morgan fingerprint density at radius 3 is 2.03 bits per heavy atom. The van der Waals surface area contributed by atoms with E-state index < -0.39 is 0 Å². The molecule has 17 heteroatoms. The minimum atomic E-state index is -0.249. The van der Waals surface area contributed by atoms with E-state index in [9.17, 15) is 8.78 Å². The number of ether oxygens (including phenoxy) is 1. The summed E-state index contributed by atoms with van der Waals surface area (Å²) in [6.07, 6.45) is 13.1. The Morgan fingerprint density at radius 2 is 1.36 bits per heavy atom. The molecule has 4 aliphatic rings. The molecule has 2 aromatic carbocycles. The van der Waals surface area contributed by atoms with E-state index in [0.29, 0.717) is 34.2 Å². The Labute approximate surface area is 510 Å². The number of nitrogens with zero attached hydrogens (tertiary/aromatic N) is 14. The molecule has 86 heavy (non-hydrogen) atoms. The maximum atomic E-state index is 14.3. The van der Waals surface area contributed by atoms with E-state index in [1.807, 2.05) is 50.5 Å². The van der Waals surface area contributed by atoms with Crippen LogP contribution < -0.4 is 0 Å². The number of rotatable bonds is 3. The van der Waals surface area contributed by atoms with Gasteiger partial charge in [-0.15, -0.1) is 10.2 Å². The third-order valence-electron chi connectivity index (χ3n) is 16.0. The maximum Gasteiger partial charge on any atom is 0.255 e. The van der Waals surface area contributed by atoms with Crippen LogP contribution in [-0.2, 0) is 52.3 Å². The van der Waals surface area contributed by atoms with Gasteiger partial charge in [-0.1, -0.05) is 141 Å². The first-order chi connectivity index (χ1) is 40.4. The van der Waals surface area contributed by atoms with Gasteiger partial charge in [0.25, 0.3) is 5.78 Å². The van der Waals surface area contributed by atoms with Gasteiger partial charge in [-0.25, -0.2) is 18.4 Å². The summed E-state index contributed by atoms with van der Waals surface area (Å²) < 4.78 is 39.0. The lowest BCUT2D eigenvalue weighted by Crippen LogP contribution is -2.36.